The van der Waals surface area contributed by atoms with Crippen LogP contribution in [0.3, 0.4) is 0 Å². The predicted molar refractivity (Wildman–Crippen MR) is 117 cm³/mol. The van der Waals surface area contributed by atoms with Crippen molar-refractivity contribution in [1.82, 2.24) is 14.8 Å². The van der Waals surface area contributed by atoms with E-state index >= 15 is 0 Å². The number of carbonyl (C=O) groups is 1. The molecule has 0 spiro atoms. The molecule has 3 aromatic rings. The first kappa shape index (κ1) is 21.5. The maximum atomic E-state index is 12.7. The number of methoxy groups -OCH3 is 1. The molecule has 32 heavy (non-hydrogen) atoms. The van der Waals surface area contributed by atoms with Crippen LogP contribution in [0, 0.1) is 11.3 Å². The molecule has 0 bridgehead atoms. The number of para-hydroxylation sites is 1. The van der Waals surface area contributed by atoms with Gasteiger partial charge in [0.05, 0.1) is 19.9 Å². The van der Waals surface area contributed by atoms with E-state index in [-0.39, 0.29) is 17.5 Å². The van der Waals surface area contributed by atoms with Crippen LogP contribution in [0.2, 0.25) is 0 Å². The van der Waals surface area contributed by atoms with Crippen LogP contribution in [0.5, 0.6) is 5.75 Å². The molecular weight excluding hydrogens is 410 g/mol. The number of carbonyl (C=O) groups excluding carboxylic acids is 1. The molecule has 0 aliphatic carbocycles. The third kappa shape index (κ3) is 4.60. The normalized spacial score (nSPS) is 14.2. The lowest BCUT2D eigenvalue weighted by Crippen LogP contribution is -2.49. The van der Waals surface area contributed by atoms with Crippen molar-refractivity contribution in [1.29, 1.82) is 5.26 Å². The lowest BCUT2D eigenvalue weighted by atomic mass is 10.2. The monoisotopic (exact) mass is 435 g/mol. The largest absolute Gasteiger partial charge is 0.496 e. The van der Waals surface area contributed by atoms with Crippen molar-refractivity contribution in [3.05, 3.63) is 53.9 Å². The first-order valence-electron chi connectivity index (χ1n) is 10.4. The molecule has 0 atom stereocenters. The van der Waals surface area contributed by atoms with Crippen LogP contribution in [0.4, 0.5) is 5.88 Å². The van der Waals surface area contributed by atoms with Crippen LogP contribution < -0.4 is 9.64 Å². The molecule has 1 aliphatic heterocycles. The molecule has 1 aliphatic rings. The Morgan fingerprint density at radius 2 is 2.00 bits per heavy atom. The maximum Gasteiger partial charge on any atom is 0.266 e. The zero-order valence-electron chi connectivity index (χ0n) is 18.2. The number of ether oxygens (including phenoxy) is 1. The van der Waals surface area contributed by atoms with Crippen molar-refractivity contribution in [2.24, 2.45) is 0 Å². The smallest absolute Gasteiger partial charge is 0.266 e. The van der Waals surface area contributed by atoms with Gasteiger partial charge in [-0.1, -0.05) is 18.2 Å². The van der Waals surface area contributed by atoms with Crippen molar-refractivity contribution in [3.8, 4) is 23.5 Å². The molecule has 1 amide bonds. The van der Waals surface area contributed by atoms with Gasteiger partial charge >= 0.3 is 0 Å². The number of hydrogen-bond acceptors (Lipinski definition) is 8. The first-order valence-corrected chi connectivity index (χ1v) is 10.4. The van der Waals surface area contributed by atoms with Gasteiger partial charge in [-0.3, -0.25) is 9.69 Å². The fourth-order valence-corrected chi connectivity index (χ4v) is 3.70. The number of furan rings is 1. The summed E-state index contributed by atoms with van der Waals surface area (Å²) < 4.78 is 16.5. The third-order valence-corrected chi connectivity index (χ3v) is 5.49. The Morgan fingerprint density at radius 3 is 2.69 bits per heavy atom. The summed E-state index contributed by atoms with van der Waals surface area (Å²) in [5.41, 5.74) is 1.20. The summed E-state index contributed by atoms with van der Waals surface area (Å²) >= 11 is 0. The number of benzene rings is 1. The average molecular weight is 435 g/mol. The number of nitrogens with zero attached hydrogens (tertiary/aromatic N) is 5. The van der Waals surface area contributed by atoms with Gasteiger partial charge in [0.1, 0.15) is 11.8 Å². The van der Waals surface area contributed by atoms with Crippen LogP contribution in [0.25, 0.3) is 11.7 Å². The summed E-state index contributed by atoms with van der Waals surface area (Å²) in [6.07, 6.45) is 1.53. The van der Waals surface area contributed by atoms with Gasteiger partial charge in [-0.25, -0.2) is 0 Å². The van der Waals surface area contributed by atoms with Gasteiger partial charge in [0.15, 0.2) is 5.76 Å². The van der Waals surface area contributed by atoms with Crippen molar-refractivity contribution in [3.63, 3.8) is 0 Å². The Kier molecular flexibility index (Phi) is 6.42. The Balaban J connectivity index is 1.33. The molecule has 9 heteroatoms. The SMILES string of the molecule is COc1ccccc1CN(C)C(=O)CN1CCN(c2oc(-c3ccco3)nc2C#N)CC1. The number of nitriles is 1. The molecule has 9 nitrogen and oxygen atoms in total. The molecule has 3 heterocycles. The van der Waals surface area contributed by atoms with Gasteiger partial charge in [0.25, 0.3) is 5.89 Å². The van der Waals surface area contributed by atoms with E-state index in [1.54, 1.807) is 31.2 Å². The molecule has 1 fully saturated rings. The maximum absolute atomic E-state index is 12.7. The van der Waals surface area contributed by atoms with Gasteiger partial charge < -0.3 is 23.4 Å². The van der Waals surface area contributed by atoms with Crippen molar-refractivity contribution >= 4 is 11.8 Å². The summed E-state index contributed by atoms with van der Waals surface area (Å²) in [5.74, 6) is 2.03. The molecule has 0 N–H and O–H groups in total. The highest BCUT2D eigenvalue weighted by Gasteiger charge is 2.26. The minimum Gasteiger partial charge on any atom is -0.496 e. The molecule has 0 radical (unpaired) electrons. The zero-order valence-corrected chi connectivity index (χ0v) is 18.2. The van der Waals surface area contributed by atoms with E-state index in [2.05, 4.69) is 16.0 Å². The number of piperazine rings is 1. The second-order valence-electron chi connectivity index (χ2n) is 7.59. The summed E-state index contributed by atoms with van der Waals surface area (Å²) in [4.78, 5) is 22.8. The van der Waals surface area contributed by atoms with Crippen LogP contribution >= 0.6 is 0 Å². The topological polar surface area (TPSA) is 99.0 Å². The second-order valence-corrected chi connectivity index (χ2v) is 7.59. The van der Waals surface area contributed by atoms with Crippen LogP contribution in [-0.2, 0) is 11.3 Å². The summed E-state index contributed by atoms with van der Waals surface area (Å²) in [6.45, 7) is 3.43. The molecule has 0 unspecified atom stereocenters. The standard InChI is InChI=1S/C23H25N5O4/c1-26(15-17-6-3-4-7-19(17)30-2)21(29)16-27-9-11-28(12-10-27)23-18(14-24)25-22(32-23)20-8-5-13-31-20/h3-8,13H,9-12,15-16H2,1-2H3. The average Bonchev–Trinajstić information content (AvgIpc) is 3.50. The van der Waals surface area contributed by atoms with E-state index in [4.69, 9.17) is 13.6 Å². The van der Waals surface area contributed by atoms with Gasteiger partial charge in [-0.05, 0) is 18.2 Å². The molecule has 1 aromatic carbocycles. The molecule has 4 rings (SSSR count). The van der Waals surface area contributed by atoms with Gasteiger partial charge in [0.2, 0.25) is 17.5 Å². The molecule has 1 saturated heterocycles. The Morgan fingerprint density at radius 1 is 1.22 bits per heavy atom. The fraction of sp³-hybridized carbons (Fsp3) is 0.348. The van der Waals surface area contributed by atoms with E-state index in [0.29, 0.717) is 50.9 Å². The van der Waals surface area contributed by atoms with Gasteiger partial charge in [-0.15, -0.1) is 0 Å². The van der Waals surface area contributed by atoms with Gasteiger partial charge in [-0.2, -0.15) is 10.2 Å². The molecular formula is C23H25N5O4. The van der Waals surface area contributed by atoms with Crippen LogP contribution in [0.15, 0.2) is 51.5 Å². The number of anilines is 1. The summed E-state index contributed by atoms with van der Waals surface area (Å²) in [5, 5.41) is 9.45. The number of hydrogen-bond donors (Lipinski definition) is 0. The fourth-order valence-electron chi connectivity index (χ4n) is 3.70. The van der Waals surface area contributed by atoms with Crippen molar-refractivity contribution in [2.75, 3.05) is 51.8 Å². The van der Waals surface area contributed by atoms with E-state index < -0.39 is 0 Å². The summed E-state index contributed by atoms with van der Waals surface area (Å²) in [6, 6.07) is 13.3. The quantitative estimate of drug-likeness (QED) is 0.558. The number of rotatable bonds is 7. The van der Waals surface area contributed by atoms with E-state index in [9.17, 15) is 10.1 Å². The predicted octanol–water partition coefficient (Wildman–Crippen LogP) is 2.60. The lowest BCUT2D eigenvalue weighted by molar-refractivity contribution is -0.131. The Labute approximate surface area is 186 Å². The number of amides is 1. The van der Waals surface area contributed by atoms with Crippen LogP contribution in [0.1, 0.15) is 11.3 Å². The summed E-state index contributed by atoms with van der Waals surface area (Å²) in [7, 11) is 3.43. The van der Waals surface area contributed by atoms with Crippen molar-refractivity contribution < 1.29 is 18.4 Å². The Bertz CT molecular complexity index is 1090. The molecule has 166 valence electrons. The highest BCUT2D eigenvalue weighted by Crippen LogP contribution is 2.29. The first-order chi connectivity index (χ1) is 15.6. The highest BCUT2D eigenvalue weighted by molar-refractivity contribution is 5.78. The number of oxazole rings is 1. The van der Waals surface area contributed by atoms with E-state index in [1.165, 1.54) is 6.26 Å². The minimum atomic E-state index is 0.0434. The molecule has 0 saturated carbocycles. The molecule has 2 aromatic heterocycles. The zero-order chi connectivity index (χ0) is 22.5. The third-order valence-electron chi connectivity index (χ3n) is 5.49. The van der Waals surface area contributed by atoms with Gasteiger partial charge in [0, 0.05) is 45.3 Å². The second kappa shape index (κ2) is 9.58. The minimum absolute atomic E-state index is 0.0434. The van der Waals surface area contributed by atoms with E-state index in [0.717, 1.165) is 11.3 Å². The van der Waals surface area contributed by atoms with Crippen molar-refractivity contribution in [2.45, 2.75) is 6.54 Å². The Hall–Kier alpha value is -3.77. The van der Waals surface area contributed by atoms with E-state index in [1.807, 2.05) is 29.2 Å². The number of likely N-dealkylation sites (N-methyl/N-ethyl adjacent to an activating group) is 1. The van der Waals surface area contributed by atoms with Crippen LogP contribution in [-0.4, -0.2) is 67.6 Å². The lowest BCUT2D eigenvalue weighted by Gasteiger charge is -2.34. The number of aromatic nitrogens is 1. The highest BCUT2D eigenvalue weighted by atomic mass is 16.5.